The summed E-state index contributed by atoms with van der Waals surface area (Å²) < 4.78 is 0. The van der Waals surface area contributed by atoms with Crippen LogP contribution in [0.5, 0.6) is 0 Å². The van der Waals surface area contributed by atoms with E-state index < -0.39 is 0 Å². The van der Waals surface area contributed by atoms with Gasteiger partial charge in [-0.3, -0.25) is 0 Å². The van der Waals surface area contributed by atoms with Crippen LogP contribution in [-0.4, -0.2) is 75.6 Å². The van der Waals surface area contributed by atoms with Crippen LogP contribution in [0.25, 0.3) is 0 Å². The van der Waals surface area contributed by atoms with Gasteiger partial charge in [0.15, 0.2) is 0 Å². The van der Waals surface area contributed by atoms with E-state index in [0.717, 1.165) is 39.1 Å². The van der Waals surface area contributed by atoms with E-state index in [1.165, 1.54) is 0 Å². The molecular weight excluding hydrogens is 174 g/mol. The first kappa shape index (κ1) is 13.9. The van der Waals surface area contributed by atoms with Crippen molar-refractivity contribution < 1.29 is 0 Å². The fraction of sp³-hybridized carbons (Fsp3) is 0.909. The average Bonchev–Trinajstić information content (AvgIpc) is 2.09. The molecule has 0 rings (SSSR count). The summed E-state index contributed by atoms with van der Waals surface area (Å²) in [7, 11) is 8.48. The molecule has 0 N–H and O–H groups in total. The Morgan fingerprint density at radius 1 is 0.714 bits per heavy atom. The van der Waals surface area contributed by atoms with Gasteiger partial charge in [0.05, 0.1) is 0 Å². The molecule has 0 fully saturated rings. The lowest BCUT2D eigenvalue weighted by atomic mass is 10.3. The van der Waals surface area contributed by atoms with Crippen molar-refractivity contribution in [3.63, 3.8) is 0 Å². The Balaban J connectivity index is 3.65. The van der Waals surface area contributed by atoms with Crippen LogP contribution < -0.4 is 0 Å². The topological polar surface area (TPSA) is 9.72 Å². The number of likely N-dealkylation sites (N-methyl/N-ethyl adjacent to an activating group) is 2. The first-order valence-electron chi connectivity index (χ1n) is 5.37. The third kappa shape index (κ3) is 8.48. The van der Waals surface area contributed by atoms with Gasteiger partial charge in [0.25, 0.3) is 0 Å². The molecule has 0 aromatic heterocycles. The van der Waals surface area contributed by atoms with Crippen LogP contribution in [0.15, 0.2) is 0 Å². The van der Waals surface area contributed by atoms with E-state index in [1.54, 1.807) is 0 Å². The second-order valence-corrected chi connectivity index (χ2v) is 4.30. The number of hydrogen-bond donors (Lipinski definition) is 0. The largest absolute Gasteiger partial charge is 0.308 e. The maximum absolute atomic E-state index is 3.91. The first-order valence-corrected chi connectivity index (χ1v) is 5.37. The SMILES string of the molecule is [CH2]CCN(CCN(C)C)CCN(C)C. The van der Waals surface area contributed by atoms with Crippen molar-refractivity contribution in [1.82, 2.24) is 14.7 Å². The highest BCUT2D eigenvalue weighted by molar-refractivity contribution is 4.62. The van der Waals surface area contributed by atoms with E-state index >= 15 is 0 Å². The first-order chi connectivity index (χ1) is 6.56. The second kappa shape index (κ2) is 8.21. The van der Waals surface area contributed by atoms with Crippen molar-refractivity contribution in [2.45, 2.75) is 6.42 Å². The predicted molar refractivity (Wildman–Crippen MR) is 63.5 cm³/mol. The normalized spacial score (nSPS) is 12.0. The summed E-state index contributed by atoms with van der Waals surface area (Å²) in [5.41, 5.74) is 0. The molecule has 0 saturated carbocycles. The third-order valence-corrected chi connectivity index (χ3v) is 2.20. The summed E-state index contributed by atoms with van der Waals surface area (Å²) >= 11 is 0. The molecule has 0 unspecified atom stereocenters. The Hall–Kier alpha value is -0.120. The monoisotopic (exact) mass is 200 g/mol. The molecule has 0 aliphatic heterocycles. The Kier molecular flexibility index (Phi) is 8.14. The van der Waals surface area contributed by atoms with Crippen LogP contribution in [0.1, 0.15) is 6.42 Å². The summed E-state index contributed by atoms with van der Waals surface area (Å²) in [6.45, 7) is 9.59. The summed E-state index contributed by atoms with van der Waals surface area (Å²) in [5.74, 6) is 0. The van der Waals surface area contributed by atoms with Crippen LogP contribution in [0.2, 0.25) is 0 Å². The molecule has 0 aliphatic rings. The summed E-state index contributed by atoms with van der Waals surface area (Å²) in [6, 6.07) is 0. The molecule has 0 bridgehead atoms. The Morgan fingerprint density at radius 3 is 1.43 bits per heavy atom. The van der Waals surface area contributed by atoms with Gasteiger partial charge in [0.2, 0.25) is 0 Å². The van der Waals surface area contributed by atoms with Gasteiger partial charge in [-0.25, -0.2) is 0 Å². The maximum Gasteiger partial charge on any atom is 0.0110 e. The van der Waals surface area contributed by atoms with E-state index in [2.05, 4.69) is 49.8 Å². The van der Waals surface area contributed by atoms with Crippen LogP contribution in [0.4, 0.5) is 0 Å². The minimum absolute atomic E-state index is 1.00. The number of rotatable bonds is 8. The fourth-order valence-electron chi connectivity index (χ4n) is 1.24. The van der Waals surface area contributed by atoms with Gasteiger partial charge in [0.1, 0.15) is 0 Å². The van der Waals surface area contributed by atoms with Gasteiger partial charge < -0.3 is 14.7 Å². The Bertz CT molecular complexity index is 112. The smallest absolute Gasteiger partial charge is 0.0110 e. The summed E-state index contributed by atoms with van der Waals surface area (Å²) in [4.78, 5) is 6.94. The minimum atomic E-state index is 1.00. The van der Waals surface area contributed by atoms with Gasteiger partial charge in [-0.15, -0.1) is 0 Å². The fourth-order valence-corrected chi connectivity index (χ4v) is 1.24. The summed E-state index contributed by atoms with van der Waals surface area (Å²) in [6.07, 6.45) is 1.00. The number of hydrogen-bond acceptors (Lipinski definition) is 3. The van der Waals surface area contributed by atoms with Crippen molar-refractivity contribution in [3.8, 4) is 0 Å². The zero-order chi connectivity index (χ0) is 11.0. The van der Waals surface area contributed by atoms with Crippen LogP contribution in [-0.2, 0) is 0 Å². The molecule has 0 aromatic carbocycles. The molecule has 0 saturated heterocycles. The van der Waals surface area contributed by atoms with Gasteiger partial charge in [0, 0.05) is 26.2 Å². The standard InChI is InChI=1S/C11H26N3/c1-6-7-14(10-8-12(2)3)11-9-13(4)5/h1,6-11H2,2-5H3. The molecule has 0 amide bonds. The van der Waals surface area contributed by atoms with E-state index in [0.29, 0.717) is 0 Å². The van der Waals surface area contributed by atoms with Gasteiger partial charge in [-0.1, -0.05) is 6.92 Å². The zero-order valence-electron chi connectivity index (χ0n) is 10.3. The molecule has 3 nitrogen and oxygen atoms in total. The lowest BCUT2D eigenvalue weighted by Crippen LogP contribution is -2.36. The lowest BCUT2D eigenvalue weighted by Gasteiger charge is -2.24. The number of nitrogens with zero attached hydrogens (tertiary/aromatic N) is 3. The van der Waals surface area contributed by atoms with Crippen LogP contribution in [0.3, 0.4) is 0 Å². The van der Waals surface area contributed by atoms with Crippen molar-refractivity contribution >= 4 is 0 Å². The van der Waals surface area contributed by atoms with Gasteiger partial charge >= 0.3 is 0 Å². The summed E-state index contributed by atoms with van der Waals surface area (Å²) in [5, 5.41) is 0. The van der Waals surface area contributed by atoms with E-state index in [9.17, 15) is 0 Å². The molecule has 14 heavy (non-hydrogen) atoms. The van der Waals surface area contributed by atoms with Crippen LogP contribution in [0, 0.1) is 6.92 Å². The molecule has 85 valence electrons. The van der Waals surface area contributed by atoms with Crippen molar-refractivity contribution in [2.24, 2.45) is 0 Å². The minimum Gasteiger partial charge on any atom is -0.308 e. The van der Waals surface area contributed by atoms with E-state index in [1.807, 2.05) is 0 Å². The third-order valence-electron chi connectivity index (χ3n) is 2.20. The highest BCUT2D eigenvalue weighted by atomic mass is 15.2. The molecule has 0 aromatic rings. The predicted octanol–water partition coefficient (Wildman–Crippen LogP) is 0.636. The Morgan fingerprint density at radius 2 is 1.14 bits per heavy atom. The molecule has 0 heterocycles. The highest BCUT2D eigenvalue weighted by Crippen LogP contribution is 1.92. The quantitative estimate of drug-likeness (QED) is 0.569. The molecule has 0 aliphatic carbocycles. The molecule has 1 radical (unpaired) electrons. The molecular formula is C11H26N3. The van der Waals surface area contributed by atoms with Crippen molar-refractivity contribution in [2.75, 3.05) is 60.9 Å². The highest BCUT2D eigenvalue weighted by Gasteiger charge is 2.04. The lowest BCUT2D eigenvalue weighted by molar-refractivity contribution is 0.221. The second-order valence-electron chi connectivity index (χ2n) is 4.30. The molecule has 3 heteroatoms. The van der Waals surface area contributed by atoms with Crippen LogP contribution >= 0.6 is 0 Å². The molecule has 0 spiro atoms. The van der Waals surface area contributed by atoms with Crippen molar-refractivity contribution in [3.05, 3.63) is 6.92 Å². The molecule has 0 atom stereocenters. The van der Waals surface area contributed by atoms with Gasteiger partial charge in [-0.2, -0.15) is 0 Å². The van der Waals surface area contributed by atoms with Crippen molar-refractivity contribution in [1.29, 1.82) is 0 Å². The van der Waals surface area contributed by atoms with E-state index in [4.69, 9.17) is 0 Å². The van der Waals surface area contributed by atoms with E-state index in [-0.39, 0.29) is 0 Å². The van der Waals surface area contributed by atoms with Gasteiger partial charge in [-0.05, 0) is 41.2 Å². The average molecular weight is 200 g/mol. The maximum atomic E-state index is 3.91. The Labute approximate surface area is 89.7 Å². The zero-order valence-corrected chi connectivity index (χ0v) is 10.3.